The van der Waals surface area contributed by atoms with Gasteiger partial charge in [0.25, 0.3) is 0 Å². The summed E-state index contributed by atoms with van der Waals surface area (Å²) in [5, 5.41) is 0. The summed E-state index contributed by atoms with van der Waals surface area (Å²) in [5.41, 5.74) is 3.13. The number of sulfonamides is 1. The number of anilines is 1. The zero-order chi connectivity index (χ0) is 14.6. The highest BCUT2D eigenvalue weighted by molar-refractivity contribution is 7.89. The Morgan fingerprint density at radius 3 is 2.55 bits per heavy atom. The highest BCUT2D eigenvalue weighted by Gasteiger charge is 2.22. The minimum atomic E-state index is -3.46. The first-order valence-electron chi connectivity index (χ1n) is 6.65. The Balaban J connectivity index is 1.89. The minimum Gasteiger partial charge on any atom is -0.380 e. The number of benzene rings is 1. The van der Waals surface area contributed by atoms with Crippen molar-refractivity contribution < 1.29 is 13.2 Å². The second-order valence-electron chi connectivity index (χ2n) is 5.01. The van der Waals surface area contributed by atoms with Crippen LogP contribution in [0.5, 0.6) is 0 Å². The molecule has 1 aliphatic carbocycles. The van der Waals surface area contributed by atoms with Gasteiger partial charge in [0.2, 0.25) is 10.0 Å². The molecule has 0 bridgehead atoms. The van der Waals surface area contributed by atoms with Crippen LogP contribution < -0.4 is 11.3 Å². The second-order valence-corrected chi connectivity index (χ2v) is 7.06. The van der Waals surface area contributed by atoms with E-state index in [0.717, 1.165) is 6.61 Å². The Morgan fingerprint density at radius 2 is 2.00 bits per heavy atom. The summed E-state index contributed by atoms with van der Waals surface area (Å²) in [4.78, 5) is 0.251. The van der Waals surface area contributed by atoms with Crippen LogP contribution in [0.15, 0.2) is 29.2 Å². The number of ether oxygens (including phenoxy) is 1. The summed E-state index contributed by atoms with van der Waals surface area (Å²) in [6.45, 7) is 1.52. The Morgan fingerprint density at radius 1 is 1.35 bits per heavy atom. The number of rotatable bonds is 8. The van der Waals surface area contributed by atoms with E-state index >= 15 is 0 Å². The number of nitrogens with two attached hydrogens (primary N) is 1. The fraction of sp³-hybridized carbons (Fsp3) is 0.538. The molecule has 20 heavy (non-hydrogen) atoms. The molecule has 0 unspecified atom stereocenters. The zero-order valence-corrected chi connectivity index (χ0v) is 12.4. The van der Waals surface area contributed by atoms with Crippen LogP contribution >= 0.6 is 0 Å². The van der Waals surface area contributed by atoms with Crippen molar-refractivity contribution in [2.45, 2.75) is 17.7 Å². The van der Waals surface area contributed by atoms with Crippen LogP contribution in [0.1, 0.15) is 12.8 Å². The molecule has 0 saturated heterocycles. The summed E-state index contributed by atoms with van der Waals surface area (Å²) in [5.74, 6) is 5.94. The molecule has 0 spiro atoms. The number of nitrogen functional groups attached to an aromatic ring is 1. The number of hydrazine groups is 1. The van der Waals surface area contributed by atoms with E-state index in [0.29, 0.717) is 24.8 Å². The maximum absolute atomic E-state index is 12.3. The molecule has 6 nitrogen and oxygen atoms in total. The molecule has 1 aliphatic rings. The van der Waals surface area contributed by atoms with Gasteiger partial charge in [-0.2, -0.15) is 4.31 Å². The molecule has 0 atom stereocenters. The van der Waals surface area contributed by atoms with Crippen LogP contribution in [-0.4, -0.2) is 39.5 Å². The van der Waals surface area contributed by atoms with Crippen LogP contribution in [0, 0.1) is 5.92 Å². The van der Waals surface area contributed by atoms with Crippen molar-refractivity contribution in [3.05, 3.63) is 24.3 Å². The summed E-state index contributed by atoms with van der Waals surface area (Å²) in [7, 11) is -1.90. The third kappa shape index (κ3) is 3.92. The number of hydrogen-bond donors (Lipinski definition) is 2. The summed E-state index contributed by atoms with van der Waals surface area (Å²) in [6.07, 6.45) is 2.46. The largest absolute Gasteiger partial charge is 0.380 e. The van der Waals surface area contributed by atoms with Crippen molar-refractivity contribution >= 4 is 15.7 Å². The number of likely N-dealkylation sites (N-methyl/N-ethyl adjacent to an activating group) is 1. The lowest BCUT2D eigenvalue weighted by Crippen LogP contribution is -2.30. The maximum Gasteiger partial charge on any atom is 0.242 e. The first kappa shape index (κ1) is 15.2. The molecule has 112 valence electrons. The molecule has 0 heterocycles. The van der Waals surface area contributed by atoms with Gasteiger partial charge in [-0.3, -0.25) is 5.84 Å². The molecule has 0 radical (unpaired) electrons. The smallest absolute Gasteiger partial charge is 0.242 e. The van der Waals surface area contributed by atoms with Crippen molar-refractivity contribution in [1.29, 1.82) is 0 Å². The van der Waals surface area contributed by atoms with Gasteiger partial charge in [0.15, 0.2) is 0 Å². The monoisotopic (exact) mass is 299 g/mol. The van der Waals surface area contributed by atoms with E-state index < -0.39 is 10.0 Å². The molecule has 1 aromatic rings. The molecule has 2 rings (SSSR count). The van der Waals surface area contributed by atoms with Gasteiger partial charge in [0, 0.05) is 25.9 Å². The molecule has 3 N–H and O–H groups in total. The van der Waals surface area contributed by atoms with E-state index in [1.54, 1.807) is 19.2 Å². The standard InChI is InChI=1S/C13H21N3O3S/c1-16(8-9-19-10-11-2-3-11)20(17,18)13-6-4-12(15-14)5-7-13/h4-7,11,15H,2-3,8-10,14H2,1H3. The lowest BCUT2D eigenvalue weighted by Gasteiger charge is -2.17. The second kappa shape index (κ2) is 6.53. The number of hydrogen-bond acceptors (Lipinski definition) is 5. The molecular weight excluding hydrogens is 278 g/mol. The summed E-state index contributed by atoms with van der Waals surface area (Å²) >= 11 is 0. The normalized spacial score (nSPS) is 15.6. The van der Waals surface area contributed by atoms with Crippen LogP contribution in [0.3, 0.4) is 0 Å². The van der Waals surface area contributed by atoms with Crippen LogP contribution in [0.4, 0.5) is 5.69 Å². The van der Waals surface area contributed by atoms with Crippen molar-refractivity contribution in [1.82, 2.24) is 4.31 Å². The van der Waals surface area contributed by atoms with Gasteiger partial charge in [-0.05, 0) is 43.0 Å². The average Bonchev–Trinajstić information content (AvgIpc) is 3.27. The first-order valence-corrected chi connectivity index (χ1v) is 8.09. The van der Waals surface area contributed by atoms with Gasteiger partial charge < -0.3 is 10.2 Å². The highest BCUT2D eigenvalue weighted by atomic mass is 32.2. The van der Waals surface area contributed by atoms with Crippen LogP contribution in [0.25, 0.3) is 0 Å². The molecule has 0 amide bonds. The molecule has 1 saturated carbocycles. The lowest BCUT2D eigenvalue weighted by atomic mass is 10.3. The van der Waals surface area contributed by atoms with E-state index in [-0.39, 0.29) is 4.90 Å². The van der Waals surface area contributed by atoms with Crippen molar-refractivity contribution in [3.8, 4) is 0 Å². The SMILES string of the molecule is CN(CCOCC1CC1)S(=O)(=O)c1ccc(NN)cc1. The number of nitrogens with one attached hydrogen (secondary N) is 1. The average molecular weight is 299 g/mol. The van der Waals surface area contributed by atoms with E-state index in [1.807, 2.05) is 0 Å². The fourth-order valence-electron chi connectivity index (χ4n) is 1.75. The maximum atomic E-state index is 12.3. The van der Waals surface area contributed by atoms with Gasteiger partial charge in [0.05, 0.1) is 11.5 Å². The Kier molecular flexibility index (Phi) is 4.98. The van der Waals surface area contributed by atoms with Crippen molar-refractivity contribution in [3.63, 3.8) is 0 Å². The van der Waals surface area contributed by atoms with E-state index in [2.05, 4.69) is 5.43 Å². The van der Waals surface area contributed by atoms with Crippen LogP contribution in [0.2, 0.25) is 0 Å². The first-order chi connectivity index (χ1) is 9.54. The van der Waals surface area contributed by atoms with Gasteiger partial charge in [-0.1, -0.05) is 0 Å². The predicted molar refractivity (Wildman–Crippen MR) is 77.6 cm³/mol. The van der Waals surface area contributed by atoms with Gasteiger partial charge >= 0.3 is 0 Å². The molecule has 0 aromatic heterocycles. The topological polar surface area (TPSA) is 84.7 Å². The lowest BCUT2D eigenvalue weighted by molar-refractivity contribution is 0.117. The predicted octanol–water partition coefficient (Wildman–Crippen LogP) is 1.02. The van der Waals surface area contributed by atoms with Crippen molar-refractivity contribution in [2.24, 2.45) is 11.8 Å². The van der Waals surface area contributed by atoms with E-state index in [4.69, 9.17) is 10.6 Å². The van der Waals surface area contributed by atoms with Crippen LogP contribution in [-0.2, 0) is 14.8 Å². The van der Waals surface area contributed by atoms with Crippen molar-refractivity contribution in [2.75, 3.05) is 32.2 Å². The molecule has 1 aromatic carbocycles. The van der Waals surface area contributed by atoms with E-state index in [1.165, 1.54) is 29.3 Å². The quantitative estimate of drug-likeness (QED) is 0.425. The number of nitrogens with zero attached hydrogens (tertiary/aromatic N) is 1. The molecular formula is C13H21N3O3S. The highest BCUT2D eigenvalue weighted by Crippen LogP contribution is 2.28. The Bertz CT molecular complexity index is 526. The fourth-order valence-corrected chi connectivity index (χ4v) is 2.91. The summed E-state index contributed by atoms with van der Waals surface area (Å²) < 4.78 is 31.4. The molecule has 7 heteroatoms. The van der Waals surface area contributed by atoms with E-state index in [9.17, 15) is 8.42 Å². The minimum absolute atomic E-state index is 0.251. The Labute approximate surface area is 119 Å². The van der Waals surface area contributed by atoms with Gasteiger partial charge in [-0.25, -0.2) is 8.42 Å². The third-order valence-electron chi connectivity index (χ3n) is 3.33. The van der Waals surface area contributed by atoms with Gasteiger partial charge in [0.1, 0.15) is 0 Å². The molecule has 1 fully saturated rings. The summed E-state index contributed by atoms with van der Waals surface area (Å²) in [6, 6.07) is 6.33. The third-order valence-corrected chi connectivity index (χ3v) is 5.20. The Hall–Kier alpha value is -1.15. The molecule has 0 aliphatic heterocycles. The van der Waals surface area contributed by atoms with Gasteiger partial charge in [-0.15, -0.1) is 0 Å². The zero-order valence-electron chi connectivity index (χ0n) is 11.6.